The molecular formula is C24H27N3O5. The van der Waals surface area contributed by atoms with Gasteiger partial charge in [0.1, 0.15) is 5.75 Å². The zero-order valence-corrected chi connectivity index (χ0v) is 18.2. The molecule has 3 aliphatic heterocycles. The molecule has 32 heavy (non-hydrogen) atoms. The predicted molar refractivity (Wildman–Crippen MR) is 118 cm³/mol. The molecule has 2 aromatic rings. The molecule has 0 unspecified atom stereocenters. The average molecular weight is 437 g/mol. The van der Waals surface area contributed by atoms with Crippen LogP contribution in [0.1, 0.15) is 12.0 Å². The molecule has 0 saturated carbocycles. The topological polar surface area (TPSA) is 71.6 Å². The molecule has 2 aromatic carbocycles. The zero-order chi connectivity index (χ0) is 22.1. The van der Waals surface area contributed by atoms with Gasteiger partial charge in [-0.25, -0.2) is 0 Å². The van der Waals surface area contributed by atoms with Crippen LogP contribution in [0.4, 0.5) is 5.69 Å². The van der Waals surface area contributed by atoms with Gasteiger partial charge in [-0.2, -0.15) is 0 Å². The molecule has 0 bridgehead atoms. The van der Waals surface area contributed by atoms with Crippen molar-refractivity contribution >= 4 is 17.5 Å². The van der Waals surface area contributed by atoms with Crippen molar-refractivity contribution in [3.8, 4) is 17.2 Å². The Morgan fingerprint density at radius 3 is 2.53 bits per heavy atom. The third-order valence-corrected chi connectivity index (χ3v) is 6.39. The summed E-state index contributed by atoms with van der Waals surface area (Å²) in [4.78, 5) is 31.6. The number of rotatable bonds is 5. The van der Waals surface area contributed by atoms with Gasteiger partial charge in [-0.15, -0.1) is 0 Å². The van der Waals surface area contributed by atoms with Gasteiger partial charge in [0.2, 0.25) is 18.6 Å². The van der Waals surface area contributed by atoms with E-state index < -0.39 is 0 Å². The third-order valence-electron chi connectivity index (χ3n) is 6.39. The summed E-state index contributed by atoms with van der Waals surface area (Å²) in [5.41, 5.74) is 1.98. The first-order chi connectivity index (χ1) is 15.6. The SMILES string of the molecule is COc1ccc(N2C[C@@H](C(=O)N3CCN(Cc4ccc5c(c4)OCO5)CC3)CC2=O)cc1. The Bertz CT molecular complexity index is 1000. The minimum atomic E-state index is -0.287. The molecule has 0 aliphatic carbocycles. The number of ether oxygens (including phenoxy) is 3. The zero-order valence-electron chi connectivity index (χ0n) is 18.2. The van der Waals surface area contributed by atoms with E-state index in [1.54, 1.807) is 12.0 Å². The maximum Gasteiger partial charge on any atom is 0.231 e. The van der Waals surface area contributed by atoms with Crippen molar-refractivity contribution in [2.45, 2.75) is 13.0 Å². The van der Waals surface area contributed by atoms with E-state index in [2.05, 4.69) is 11.0 Å². The number of fused-ring (bicyclic) bond motifs is 1. The number of benzene rings is 2. The lowest BCUT2D eigenvalue weighted by Crippen LogP contribution is -2.50. The van der Waals surface area contributed by atoms with Crippen molar-refractivity contribution in [3.05, 3.63) is 48.0 Å². The number of methoxy groups -OCH3 is 1. The van der Waals surface area contributed by atoms with Crippen LogP contribution in [0.5, 0.6) is 17.2 Å². The van der Waals surface area contributed by atoms with Gasteiger partial charge in [0.25, 0.3) is 0 Å². The summed E-state index contributed by atoms with van der Waals surface area (Å²) in [6.45, 7) is 4.49. The highest BCUT2D eigenvalue weighted by Crippen LogP contribution is 2.33. The highest BCUT2D eigenvalue weighted by atomic mass is 16.7. The lowest BCUT2D eigenvalue weighted by atomic mass is 10.1. The predicted octanol–water partition coefficient (Wildman–Crippen LogP) is 2.12. The molecule has 0 N–H and O–H groups in total. The Morgan fingerprint density at radius 2 is 1.78 bits per heavy atom. The smallest absolute Gasteiger partial charge is 0.231 e. The molecule has 0 radical (unpaired) electrons. The van der Waals surface area contributed by atoms with Gasteiger partial charge < -0.3 is 24.0 Å². The Labute approximate surface area is 187 Å². The standard InChI is InChI=1S/C24H27N3O5/c1-30-20-5-3-19(4-6-20)27-15-18(13-23(27)28)24(29)26-10-8-25(9-11-26)14-17-2-7-21-22(12-17)32-16-31-21/h2-7,12,18H,8-11,13-16H2,1H3/t18-/m0/s1. The number of piperazine rings is 1. The fourth-order valence-electron chi connectivity index (χ4n) is 4.57. The Morgan fingerprint density at radius 1 is 1.03 bits per heavy atom. The van der Waals surface area contributed by atoms with E-state index >= 15 is 0 Å². The number of anilines is 1. The minimum Gasteiger partial charge on any atom is -0.497 e. The largest absolute Gasteiger partial charge is 0.497 e. The van der Waals surface area contributed by atoms with Gasteiger partial charge in [-0.05, 0) is 42.0 Å². The van der Waals surface area contributed by atoms with Crippen LogP contribution >= 0.6 is 0 Å². The fraction of sp³-hybridized carbons (Fsp3) is 0.417. The van der Waals surface area contributed by atoms with Gasteiger partial charge in [-0.1, -0.05) is 6.07 Å². The minimum absolute atomic E-state index is 0.00467. The maximum atomic E-state index is 13.1. The van der Waals surface area contributed by atoms with Crippen LogP contribution in [0.2, 0.25) is 0 Å². The molecule has 2 saturated heterocycles. The summed E-state index contributed by atoms with van der Waals surface area (Å²) in [6, 6.07) is 13.4. The van der Waals surface area contributed by atoms with Crippen molar-refractivity contribution in [2.24, 2.45) is 5.92 Å². The van der Waals surface area contributed by atoms with Crippen LogP contribution in [-0.4, -0.2) is 68.2 Å². The van der Waals surface area contributed by atoms with Crippen molar-refractivity contribution in [1.29, 1.82) is 0 Å². The number of carbonyl (C=O) groups is 2. The van der Waals surface area contributed by atoms with Gasteiger partial charge in [-0.3, -0.25) is 14.5 Å². The molecule has 2 amide bonds. The highest BCUT2D eigenvalue weighted by molar-refractivity contribution is 6.00. The van der Waals surface area contributed by atoms with E-state index in [1.165, 1.54) is 5.56 Å². The van der Waals surface area contributed by atoms with Crippen LogP contribution in [0, 0.1) is 5.92 Å². The fourth-order valence-corrected chi connectivity index (χ4v) is 4.57. The summed E-state index contributed by atoms with van der Waals surface area (Å²) in [7, 11) is 1.61. The molecule has 8 nitrogen and oxygen atoms in total. The van der Waals surface area contributed by atoms with Gasteiger partial charge in [0.15, 0.2) is 11.5 Å². The number of hydrogen-bond acceptors (Lipinski definition) is 6. The van der Waals surface area contributed by atoms with Crippen LogP contribution in [0.3, 0.4) is 0 Å². The van der Waals surface area contributed by atoms with E-state index in [0.717, 1.165) is 42.6 Å². The number of carbonyl (C=O) groups excluding carboxylic acids is 2. The molecular weight excluding hydrogens is 410 g/mol. The second kappa shape index (κ2) is 8.70. The maximum absolute atomic E-state index is 13.1. The molecule has 0 spiro atoms. The van der Waals surface area contributed by atoms with E-state index in [0.29, 0.717) is 19.6 Å². The molecule has 5 rings (SSSR count). The van der Waals surface area contributed by atoms with E-state index in [1.807, 2.05) is 41.3 Å². The molecule has 3 aliphatic rings. The second-order valence-corrected chi connectivity index (χ2v) is 8.39. The van der Waals surface area contributed by atoms with Gasteiger partial charge in [0, 0.05) is 51.4 Å². The first kappa shape index (κ1) is 20.6. The summed E-state index contributed by atoms with van der Waals surface area (Å²) in [6.07, 6.45) is 0.266. The monoisotopic (exact) mass is 437 g/mol. The quantitative estimate of drug-likeness (QED) is 0.714. The molecule has 3 heterocycles. The van der Waals surface area contributed by atoms with Crippen LogP contribution in [-0.2, 0) is 16.1 Å². The van der Waals surface area contributed by atoms with Crippen molar-refractivity contribution in [1.82, 2.24) is 9.80 Å². The lowest BCUT2D eigenvalue weighted by molar-refractivity contribution is -0.137. The van der Waals surface area contributed by atoms with Gasteiger partial charge in [0.05, 0.1) is 13.0 Å². The molecule has 8 heteroatoms. The summed E-state index contributed by atoms with van der Waals surface area (Å²) in [5, 5.41) is 0. The molecule has 2 fully saturated rings. The van der Waals surface area contributed by atoms with Crippen LogP contribution < -0.4 is 19.1 Å². The summed E-state index contributed by atoms with van der Waals surface area (Å²) >= 11 is 0. The summed E-state index contributed by atoms with van der Waals surface area (Å²) in [5.74, 6) is 2.12. The molecule has 0 aromatic heterocycles. The van der Waals surface area contributed by atoms with Crippen molar-refractivity contribution in [3.63, 3.8) is 0 Å². The lowest BCUT2D eigenvalue weighted by Gasteiger charge is -2.36. The first-order valence-electron chi connectivity index (χ1n) is 10.9. The van der Waals surface area contributed by atoms with Crippen molar-refractivity contribution < 1.29 is 23.8 Å². The normalized spacial score (nSPS) is 20.7. The third kappa shape index (κ3) is 4.10. The average Bonchev–Trinajstić information content (AvgIpc) is 3.45. The molecule has 168 valence electrons. The first-order valence-corrected chi connectivity index (χ1v) is 10.9. The van der Waals surface area contributed by atoms with E-state index in [4.69, 9.17) is 14.2 Å². The molecule has 1 atom stereocenters. The Balaban J connectivity index is 1.14. The highest BCUT2D eigenvalue weighted by Gasteiger charge is 2.38. The van der Waals surface area contributed by atoms with Crippen LogP contribution in [0.15, 0.2) is 42.5 Å². The summed E-state index contributed by atoms with van der Waals surface area (Å²) < 4.78 is 16.0. The Hall–Kier alpha value is -3.26. The van der Waals surface area contributed by atoms with Crippen LogP contribution in [0.25, 0.3) is 0 Å². The number of hydrogen-bond donors (Lipinski definition) is 0. The Kier molecular flexibility index (Phi) is 5.61. The van der Waals surface area contributed by atoms with E-state index in [-0.39, 0.29) is 30.9 Å². The van der Waals surface area contributed by atoms with E-state index in [9.17, 15) is 9.59 Å². The number of amides is 2. The van der Waals surface area contributed by atoms with Gasteiger partial charge >= 0.3 is 0 Å². The second-order valence-electron chi connectivity index (χ2n) is 8.39. The number of nitrogens with zero attached hydrogens (tertiary/aromatic N) is 3. The van der Waals surface area contributed by atoms with Crippen molar-refractivity contribution in [2.75, 3.05) is 51.5 Å².